The summed E-state index contributed by atoms with van der Waals surface area (Å²) >= 11 is 0. The molecule has 1 aliphatic rings. The van der Waals surface area contributed by atoms with Gasteiger partial charge in [-0.1, -0.05) is 0 Å². The molecule has 0 aliphatic carbocycles. The van der Waals surface area contributed by atoms with E-state index < -0.39 is 5.60 Å². The Balaban J connectivity index is 1.79. The number of ether oxygens (including phenoxy) is 1. The lowest BCUT2D eigenvalue weighted by Gasteiger charge is -2.37. The van der Waals surface area contributed by atoms with Crippen LogP contribution in [0.5, 0.6) is 0 Å². The normalized spacial score (nSPS) is 16.2. The molecule has 6 nitrogen and oxygen atoms in total. The van der Waals surface area contributed by atoms with Crippen LogP contribution in [0.2, 0.25) is 0 Å². The van der Waals surface area contributed by atoms with Gasteiger partial charge in [0.15, 0.2) is 6.29 Å². The average molecular weight is 306 g/mol. The zero-order chi connectivity index (χ0) is 16.3. The Morgan fingerprint density at radius 1 is 1.45 bits per heavy atom. The fourth-order valence-corrected chi connectivity index (χ4v) is 2.04. The van der Waals surface area contributed by atoms with Gasteiger partial charge in [-0.2, -0.15) is 5.06 Å². The van der Waals surface area contributed by atoms with Gasteiger partial charge in [-0.3, -0.25) is 19.4 Å². The van der Waals surface area contributed by atoms with E-state index in [-0.39, 0.29) is 11.9 Å². The molecule has 0 bridgehead atoms. The van der Waals surface area contributed by atoms with Gasteiger partial charge in [-0.05, 0) is 44.9 Å². The fraction of sp³-hybridized carbons (Fsp3) is 0.562. The Hall–Kier alpha value is -1.79. The third kappa shape index (κ3) is 4.35. The molecular weight excluding hydrogens is 284 g/mol. The highest BCUT2D eigenvalue weighted by atomic mass is 16.7. The molecule has 1 aromatic heterocycles. The van der Waals surface area contributed by atoms with Crippen LogP contribution in [0.1, 0.15) is 42.4 Å². The summed E-state index contributed by atoms with van der Waals surface area (Å²) in [7, 11) is 0. The number of pyridine rings is 1. The molecule has 1 saturated heterocycles. The van der Waals surface area contributed by atoms with Crippen molar-refractivity contribution in [3.8, 4) is 0 Å². The Kier molecular flexibility index (Phi) is 4.93. The molecule has 120 valence electrons. The molecule has 0 unspecified atom stereocenters. The van der Waals surface area contributed by atoms with E-state index in [2.05, 4.69) is 4.98 Å². The lowest BCUT2D eigenvalue weighted by molar-refractivity contribution is -0.235. The maximum atomic E-state index is 11.8. The van der Waals surface area contributed by atoms with Gasteiger partial charge in [0.2, 0.25) is 0 Å². The number of esters is 1. The molecular formula is C16H22N2O4. The first kappa shape index (κ1) is 16.6. The van der Waals surface area contributed by atoms with Crippen molar-refractivity contribution in [1.29, 1.82) is 0 Å². The van der Waals surface area contributed by atoms with Crippen molar-refractivity contribution in [2.24, 2.45) is 5.92 Å². The van der Waals surface area contributed by atoms with Crippen LogP contribution < -0.4 is 0 Å². The minimum atomic E-state index is -0.461. The summed E-state index contributed by atoms with van der Waals surface area (Å²) in [5, 5.41) is 1.73. The molecule has 0 N–H and O–H groups in total. The number of aromatic nitrogens is 1. The van der Waals surface area contributed by atoms with Gasteiger partial charge in [0, 0.05) is 19.3 Å². The van der Waals surface area contributed by atoms with Gasteiger partial charge in [-0.15, -0.1) is 0 Å². The van der Waals surface area contributed by atoms with Gasteiger partial charge in [0.25, 0.3) is 0 Å². The van der Waals surface area contributed by atoms with Gasteiger partial charge in [-0.25, -0.2) is 0 Å². The summed E-state index contributed by atoms with van der Waals surface area (Å²) in [5.41, 5.74) is 1.81. The number of hydrogen-bond donors (Lipinski definition) is 0. The number of aldehydes is 1. The largest absolute Gasteiger partial charge is 0.460 e. The van der Waals surface area contributed by atoms with E-state index in [9.17, 15) is 9.59 Å². The predicted octanol–water partition coefficient (Wildman–Crippen LogP) is 1.91. The van der Waals surface area contributed by atoms with Crippen molar-refractivity contribution >= 4 is 12.3 Å². The lowest BCUT2D eigenvalue weighted by atomic mass is 10.0. The highest BCUT2D eigenvalue weighted by molar-refractivity contribution is 5.74. The highest BCUT2D eigenvalue weighted by Gasteiger charge is 2.36. The van der Waals surface area contributed by atoms with Crippen molar-refractivity contribution in [2.75, 3.05) is 13.1 Å². The number of nitrogens with zero attached hydrogens (tertiary/aromatic N) is 2. The molecule has 0 saturated carbocycles. The van der Waals surface area contributed by atoms with E-state index in [1.807, 2.05) is 27.7 Å². The minimum Gasteiger partial charge on any atom is -0.460 e. The summed E-state index contributed by atoms with van der Waals surface area (Å²) in [6.45, 7) is 8.90. The van der Waals surface area contributed by atoms with Crippen LogP contribution in [0.25, 0.3) is 0 Å². The standard InChI is InChI=1S/C16H22N2O4/c1-11-6-17-14(9-19)5-12(11)10-21-18-7-13(8-18)15(20)22-16(2,3)4/h5-6,9,13H,7-8,10H2,1-4H3. The Bertz CT molecular complexity index is 560. The number of carbonyl (C=O) groups excluding carboxylic acids is 2. The van der Waals surface area contributed by atoms with Crippen LogP contribution >= 0.6 is 0 Å². The van der Waals surface area contributed by atoms with E-state index in [1.165, 1.54) is 0 Å². The van der Waals surface area contributed by atoms with Crippen molar-refractivity contribution in [2.45, 2.75) is 39.9 Å². The summed E-state index contributed by atoms with van der Waals surface area (Å²) < 4.78 is 5.33. The van der Waals surface area contributed by atoms with Crippen LogP contribution in [-0.2, 0) is 21.0 Å². The first-order chi connectivity index (χ1) is 10.3. The second kappa shape index (κ2) is 6.54. The molecule has 0 amide bonds. The van der Waals surface area contributed by atoms with Crippen LogP contribution in [0.3, 0.4) is 0 Å². The van der Waals surface area contributed by atoms with Crippen molar-refractivity contribution < 1.29 is 19.2 Å². The highest BCUT2D eigenvalue weighted by Crippen LogP contribution is 2.21. The number of hydroxylamine groups is 2. The molecule has 0 radical (unpaired) electrons. The number of rotatable bonds is 5. The van der Waals surface area contributed by atoms with E-state index in [1.54, 1.807) is 17.3 Å². The fourth-order valence-electron chi connectivity index (χ4n) is 2.04. The molecule has 2 heterocycles. The van der Waals surface area contributed by atoms with Crippen molar-refractivity contribution in [3.63, 3.8) is 0 Å². The summed E-state index contributed by atoms with van der Waals surface area (Å²) in [6, 6.07) is 1.72. The maximum absolute atomic E-state index is 11.8. The van der Waals surface area contributed by atoms with E-state index in [0.717, 1.165) is 11.1 Å². The zero-order valence-electron chi connectivity index (χ0n) is 13.5. The van der Waals surface area contributed by atoms with Crippen molar-refractivity contribution in [3.05, 3.63) is 29.1 Å². The molecule has 0 atom stereocenters. The zero-order valence-corrected chi connectivity index (χ0v) is 13.5. The smallest absolute Gasteiger partial charge is 0.312 e. The van der Waals surface area contributed by atoms with Gasteiger partial charge < -0.3 is 4.74 Å². The Morgan fingerprint density at radius 2 is 2.14 bits per heavy atom. The maximum Gasteiger partial charge on any atom is 0.312 e. The molecule has 1 aromatic rings. The summed E-state index contributed by atoms with van der Waals surface area (Å²) in [6.07, 6.45) is 2.37. The molecule has 6 heteroatoms. The van der Waals surface area contributed by atoms with Crippen LogP contribution in [0.4, 0.5) is 0 Å². The van der Waals surface area contributed by atoms with Gasteiger partial charge in [0.05, 0.1) is 12.5 Å². The molecule has 1 fully saturated rings. The Labute approximate surface area is 130 Å². The number of aryl methyl sites for hydroxylation is 1. The topological polar surface area (TPSA) is 68.7 Å². The first-order valence-electron chi connectivity index (χ1n) is 7.30. The van der Waals surface area contributed by atoms with Gasteiger partial charge >= 0.3 is 5.97 Å². The van der Waals surface area contributed by atoms with Crippen LogP contribution in [0, 0.1) is 12.8 Å². The quantitative estimate of drug-likeness (QED) is 0.611. The van der Waals surface area contributed by atoms with E-state index in [4.69, 9.17) is 9.57 Å². The SMILES string of the molecule is Cc1cnc(C=O)cc1CON1CC(C(=O)OC(C)(C)C)C1. The number of hydrogen-bond acceptors (Lipinski definition) is 6. The second-order valence-corrected chi connectivity index (χ2v) is 6.50. The van der Waals surface area contributed by atoms with Crippen LogP contribution in [0.15, 0.2) is 12.3 Å². The first-order valence-corrected chi connectivity index (χ1v) is 7.30. The van der Waals surface area contributed by atoms with Crippen molar-refractivity contribution in [1.82, 2.24) is 10.0 Å². The molecule has 1 aliphatic heterocycles. The van der Waals surface area contributed by atoms with E-state index in [0.29, 0.717) is 31.7 Å². The molecule has 22 heavy (non-hydrogen) atoms. The predicted molar refractivity (Wildman–Crippen MR) is 80.1 cm³/mol. The second-order valence-electron chi connectivity index (χ2n) is 6.50. The lowest BCUT2D eigenvalue weighted by Crippen LogP contribution is -2.51. The summed E-state index contributed by atoms with van der Waals surface area (Å²) in [4.78, 5) is 32.2. The molecule has 0 spiro atoms. The van der Waals surface area contributed by atoms with E-state index >= 15 is 0 Å². The Morgan fingerprint density at radius 3 is 2.73 bits per heavy atom. The average Bonchev–Trinajstić information content (AvgIpc) is 2.36. The monoisotopic (exact) mass is 306 g/mol. The molecule has 0 aromatic carbocycles. The summed E-state index contributed by atoms with van der Waals surface area (Å²) in [5.74, 6) is -0.320. The third-order valence-corrected chi connectivity index (χ3v) is 3.35. The third-order valence-electron chi connectivity index (χ3n) is 3.35. The van der Waals surface area contributed by atoms with Gasteiger partial charge in [0.1, 0.15) is 11.3 Å². The van der Waals surface area contributed by atoms with Crippen LogP contribution in [-0.4, -0.2) is 41.0 Å². The number of carbonyl (C=O) groups is 2. The molecule has 2 rings (SSSR count). The minimum absolute atomic E-state index is 0.136.